The number of fused-ring (bicyclic) bond motifs is 1. The van der Waals surface area contributed by atoms with Crippen molar-refractivity contribution in [1.29, 1.82) is 0 Å². The number of benzene rings is 2. The number of carbonyl (C=O) groups excluding carboxylic acids is 2. The monoisotopic (exact) mass is 406 g/mol. The molecule has 0 saturated carbocycles. The first-order valence-electron chi connectivity index (χ1n) is 9.89. The molecule has 1 unspecified atom stereocenters. The molecular weight excluding hydrogens is 384 g/mol. The fraction of sp³-hybridized carbons (Fsp3) is 0.261. The van der Waals surface area contributed by atoms with Crippen LogP contribution in [-0.4, -0.2) is 36.4 Å². The average molecular weight is 406 g/mol. The van der Waals surface area contributed by atoms with Gasteiger partial charge in [-0.25, -0.2) is 4.79 Å². The summed E-state index contributed by atoms with van der Waals surface area (Å²) >= 11 is 0. The Morgan fingerprint density at radius 1 is 1.10 bits per heavy atom. The van der Waals surface area contributed by atoms with Gasteiger partial charge in [0.15, 0.2) is 6.61 Å². The van der Waals surface area contributed by atoms with E-state index in [-0.39, 0.29) is 24.3 Å². The van der Waals surface area contributed by atoms with Crippen molar-refractivity contribution in [3.05, 3.63) is 71.1 Å². The third kappa shape index (κ3) is 4.68. The smallest absolute Gasteiger partial charge is 0.336 e. The van der Waals surface area contributed by atoms with Crippen LogP contribution < -0.4 is 15.7 Å². The number of anilines is 1. The Kier molecular flexibility index (Phi) is 5.79. The van der Waals surface area contributed by atoms with Crippen molar-refractivity contribution in [3.63, 3.8) is 0 Å². The minimum atomic E-state index is -0.441. The molecule has 1 atom stereocenters. The molecule has 1 fully saturated rings. The Morgan fingerprint density at radius 2 is 1.90 bits per heavy atom. The van der Waals surface area contributed by atoms with Crippen LogP contribution in [0.15, 0.2) is 69.9 Å². The maximum Gasteiger partial charge on any atom is 0.336 e. The van der Waals surface area contributed by atoms with Gasteiger partial charge in [-0.2, -0.15) is 0 Å². The fourth-order valence-electron chi connectivity index (χ4n) is 3.55. The Labute approximate surface area is 173 Å². The highest BCUT2D eigenvalue weighted by molar-refractivity contribution is 5.93. The molecule has 30 heavy (non-hydrogen) atoms. The van der Waals surface area contributed by atoms with Crippen molar-refractivity contribution >= 4 is 28.5 Å². The van der Waals surface area contributed by atoms with Crippen LogP contribution in [0.4, 0.5) is 5.69 Å². The summed E-state index contributed by atoms with van der Waals surface area (Å²) in [5, 5.41) is 3.68. The molecule has 2 heterocycles. The average Bonchev–Trinajstić information content (AvgIpc) is 2.78. The number of amides is 2. The largest absolute Gasteiger partial charge is 0.484 e. The quantitative estimate of drug-likeness (QED) is 0.658. The van der Waals surface area contributed by atoms with E-state index in [9.17, 15) is 14.4 Å². The Hall–Kier alpha value is -3.61. The van der Waals surface area contributed by atoms with Crippen molar-refractivity contribution < 1.29 is 18.7 Å². The highest BCUT2D eigenvalue weighted by atomic mass is 16.5. The molecule has 4 rings (SSSR count). The van der Waals surface area contributed by atoms with Gasteiger partial charge in [0.25, 0.3) is 5.91 Å². The van der Waals surface area contributed by atoms with Gasteiger partial charge in [-0.15, -0.1) is 0 Å². The zero-order valence-electron chi connectivity index (χ0n) is 16.4. The topological polar surface area (TPSA) is 88.9 Å². The number of nitrogens with one attached hydrogen (secondary N) is 1. The number of ether oxygens (including phenoxy) is 1. The van der Waals surface area contributed by atoms with Crippen LogP contribution in [-0.2, 0) is 9.59 Å². The lowest BCUT2D eigenvalue weighted by atomic mass is 9.97. The van der Waals surface area contributed by atoms with Crippen LogP contribution in [0.25, 0.3) is 11.0 Å². The molecule has 1 aliphatic heterocycles. The molecule has 0 spiro atoms. The first-order valence-corrected chi connectivity index (χ1v) is 9.89. The van der Waals surface area contributed by atoms with Crippen LogP contribution in [0.3, 0.4) is 0 Å². The Balaban J connectivity index is 1.34. The lowest BCUT2D eigenvalue weighted by Crippen LogP contribution is -2.45. The normalized spacial score (nSPS) is 16.3. The van der Waals surface area contributed by atoms with Crippen LogP contribution in [0.5, 0.6) is 5.75 Å². The predicted octanol–water partition coefficient (Wildman–Crippen LogP) is 3.05. The SMILES string of the molecule is O=C(Nc1ccccc1)C1CCCN(C(=O)COc2ccc3ccc(=O)oc3c2)C1. The molecule has 7 heteroatoms. The third-order valence-electron chi connectivity index (χ3n) is 5.14. The van der Waals surface area contributed by atoms with E-state index in [4.69, 9.17) is 9.15 Å². The van der Waals surface area contributed by atoms with Crippen molar-refractivity contribution in [2.75, 3.05) is 25.0 Å². The van der Waals surface area contributed by atoms with Gasteiger partial charge in [0.2, 0.25) is 5.91 Å². The minimum Gasteiger partial charge on any atom is -0.484 e. The van der Waals surface area contributed by atoms with E-state index in [1.165, 1.54) is 6.07 Å². The van der Waals surface area contributed by atoms with E-state index >= 15 is 0 Å². The zero-order valence-corrected chi connectivity index (χ0v) is 16.4. The van der Waals surface area contributed by atoms with E-state index in [1.807, 2.05) is 30.3 Å². The Morgan fingerprint density at radius 3 is 2.73 bits per heavy atom. The van der Waals surface area contributed by atoms with E-state index in [0.717, 1.165) is 23.9 Å². The summed E-state index contributed by atoms with van der Waals surface area (Å²) in [6.07, 6.45) is 1.51. The summed E-state index contributed by atoms with van der Waals surface area (Å²) in [5.74, 6) is -0.0653. The van der Waals surface area contributed by atoms with Gasteiger partial charge in [0.05, 0.1) is 5.92 Å². The molecule has 0 aliphatic carbocycles. The number of likely N-dealkylation sites (tertiary alicyclic amines) is 1. The second kappa shape index (κ2) is 8.82. The van der Waals surface area contributed by atoms with E-state index in [1.54, 1.807) is 29.2 Å². The van der Waals surface area contributed by atoms with Crippen molar-refractivity contribution in [3.8, 4) is 5.75 Å². The molecule has 3 aromatic rings. The summed E-state index contributed by atoms with van der Waals surface area (Å²) in [5.41, 5.74) is 0.712. The van der Waals surface area contributed by atoms with Crippen LogP contribution in [0.1, 0.15) is 12.8 Å². The number of piperidine rings is 1. The van der Waals surface area contributed by atoms with Gasteiger partial charge < -0.3 is 19.4 Å². The van der Waals surface area contributed by atoms with Crippen molar-refractivity contribution in [1.82, 2.24) is 4.90 Å². The number of para-hydroxylation sites is 1. The molecule has 1 aromatic heterocycles. The molecule has 1 aliphatic rings. The van der Waals surface area contributed by atoms with E-state index in [2.05, 4.69) is 5.32 Å². The number of rotatable bonds is 5. The third-order valence-corrected chi connectivity index (χ3v) is 5.14. The van der Waals surface area contributed by atoms with E-state index in [0.29, 0.717) is 24.4 Å². The highest BCUT2D eigenvalue weighted by Gasteiger charge is 2.28. The van der Waals surface area contributed by atoms with Crippen LogP contribution >= 0.6 is 0 Å². The number of hydrogen-bond donors (Lipinski definition) is 1. The standard InChI is InChI=1S/C23H22N2O5/c26-21(15-29-19-10-8-16-9-11-22(27)30-20(16)13-19)25-12-4-5-17(14-25)23(28)24-18-6-2-1-3-7-18/h1-3,6-11,13,17H,4-5,12,14-15H2,(H,24,28). The number of nitrogens with zero attached hydrogens (tertiary/aromatic N) is 1. The van der Waals surface area contributed by atoms with Gasteiger partial charge in [0.1, 0.15) is 11.3 Å². The van der Waals surface area contributed by atoms with Gasteiger partial charge in [-0.1, -0.05) is 18.2 Å². The van der Waals surface area contributed by atoms with E-state index < -0.39 is 5.63 Å². The zero-order chi connectivity index (χ0) is 20.9. The minimum absolute atomic E-state index is 0.0795. The molecule has 1 saturated heterocycles. The van der Waals surface area contributed by atoms with Crippen LogP contribution in [0, 0.1) is 5.92 Å². The predicted molar refractivity (Wildman–Crippen MR) is 112 cm³/mol. The molecule has 1 N–H and O–H groups in total. The van der Waals surface area contributed by atoms with Crippen molar-refractivity contribution in [2.45, 2.75) is 12.8 Å². The first kappa shape index (κ1) is 19.7. The fourth-order valence-corrected chi connectivity index (χ4v) is 3.55. The lowest BCUT2D eigenvalue weighted by molar-refractivity contribution is -0.136. The number of carbonyl (C=O) groups is 2. The van der Waals surface area contributed by atoms with Gasteiger partial charge >= 0.3 is 5.63 Å². The van der Waals surface area contributed by atoms with Crippen molar-refractivity contribution in [2.24, 2.45) is 5.92 Å². The highest BCUT2D eigenvalue weighted by Crippen LogP contribution is 2.21. The second-order valence-corrected chi connectivity index (χ2v) is 7.28. The maximum absolute atomic E-state index is 12.6. The van der Waals surface area contributed by atoms with Gasteiger partial charge in [-0.05, 0) is 43.2 Å². The summed E-state index contributed by atoms with van der Waals surface area (Å²) < 4.78 is 10.7. The molecule has 2 aromatic carbocycles. The second-order valence-electron chi connectivity index (χ2n) is 7.28. The first-order chi connectivity index (χ1) is 14.6. The lowest BCUT2D eigenvalue weighted by Gasteiger charge is -2.32. The van der Waals surface area contributed by atoms with Crippen LogP contribution in [0.2, 0.25) is 0 Å². The molecule has 154 valence electrons. The molecule has 0 radical (unpaired) electrons. The van der Waals surface area contributed by atoms with Gasteiger partial charge in [0, 0.05) is 36.3 Å². The molecule has 0 bridgehead atoms. The molecule has 2 amide bonds. The summed E-state index contributed by atoms with van der Waals surface area (Å²) in [4.78, 5) is 38.2. The van der Waals surface area contributed by atoms with Gasteiger partial charge in [-0.3, -0.25) is 9.59 Å². The molecular formula is C23H22N2O5. The summed E-state index contributed by atoms with van der Waals surface area (Å²) in [6, 6.07) is 17.4. The number of hydrogen-bond acceptors (Lipinski definition) is 5. The Bertz CT molecular complexity index is 1110. The summed E-state index contributed by atoms with van der Waals surface area (Å²) in [6.45, 7) is 0.826. The maximum atomic E-state index is 12.6. The summed E-state index contributed by atoms with van der Waals surface area (Å²) in [7, 11) is 0. The molecule has 7 nitrogen and oxygen atoms in total.